The average molecular weight is 312 g/mol. The van der Waals surface area contributed by atoms with Crippen LogP contribution in [0.4, 0.5) is 5.69 Å². The number of anilines is 1. The number of pyridine rings is 1. The van der Waals surface area contributed by atoms with Crippen LogP contribution in [0.15, 0.2) is 18.5 Å². The van der Waals surface area contributed by atoms with Gasteiger partial charge < -0.3 is 20.1 Å². The van der Waals surface area contributed by atoms with Crippen LogP contribution >= 0.6 is 24.8 Å². The average Bonchev–Trinajstić information content (AvgIpc) is 2.35. The minimum atomic E-state index is -0.146. The Balaban J connectivity index is 0. The molecule has 0 saturated carbocycles. The van der Waals surface area contributed by atoms with E-state index in [0.717, 1.165) is 0 Å². The Morgan fingerprint density at radius 1 is 1.37 bits per heavy atom. The zero-order valence-corrected chi connectivity index (χ0v) is 12.5. The molecular weight excluding hydrogens is 293 g/mol. The number of amides is 1. The van der Waals surface area contributed by atoms with Crippen molar-refractivity contribution in [3.8, 4) is 5.75 Å². The molecule has 19 heavy (non-hydrogen) atoms. The quantitative estimate of drug-likeness (QED) is 0.738. The molecular formula is C11H19Cl2N3O3. The van der Waals surface area contributed by atoms with Crippen molar-refractivity contribution in [2.24, 2.45) is 0 Å². The smallest absolute Gasteiger partial charge is 0.238 e. The van der Waals surface area contributed by atoms with E-state index in [1.807, 2.05) is 0 Å². The Labute approximate surface area is 125 Å². The molecule has 0 aliphatic heterocycles. The van der Waals surface area contributed by atoms with Gasteiger partial charge in [0.1, 0.15) is 11.4 Å². The van der Waals surface area contributed by atoms with Crippen molar-refractivity contribution in [1.29, 1.82) is 0 Å². The molecule has 0 aliphatic rings. The number of ether oxygens (including phenoxy) is 2. The number of halogens is 2. The number of nitrogens with one attached hydrogen (secondary N) is 2. The maximum atomic E-state index is 11.5. The summed E-state index contributed by atoms with van der Waals surface area (Å²) in [5, 5.41) is 5.65. The van der Waals surface area contributed by atoms with E-state index in [0.29, 0.717) is 24.6 Å². The molecule has 0 unspecified atom stereocenters. The van der Waals surface area contributed by atoms with Gasteiger partial charge in [-0.1, -0.05) is 0 Å². The van der Waals surface area contributed by atoms with Gasteiger partial charge in [-0.25, -0.2) is 0 Å². The molecule has 110 valence electrons. The molecule has 0 spiro atoms. The molecule has 6 nitrogen and oxygen atoms in total. The standard InChI is InChI=1S/C11H17N3O3.2ClH/c1-16-6-5-13-8-11(15)14-9-7-12-4-3-10(9)17-2;;/h3-4,7,13H,5-6,8H2,1-2H3,(H,14,15);2*1H. The highest BCUT2D eigenvalue weighted by Gasteiger charge is 2.06. The summed E-state index contributed by atoms with van der Waals surface area (Å²) in [6.07, 6.45) is 3.15. The van der Waals surface area contributed by atoms with Gasteiger partial charge in [0.25, 0.3) is 0 Å². The van der Waals surface area contributed by atoms with Crippen LogP contribution in [0, 0.1) is 0 Å². The lowest BCUT2D eigenvalue weighted by molar-refractivity contribution is -0.115. The molecule has 8 heteroatoms. The van der Waals surface area contributed by atoms with Crippen LogP contribution in [0.5, 0.6) is 5.75 Å². The Morgan fingerprint density at radius 2 is 2.11 bits per heavy atom. The second kappa shape index (κ2) is 12.0. The number of nitrogens with zero attached hydrogens (tertiary/aromatic N) is 1. The molecule has 1 aromatic rings. The zero-order valence-electron chi connectivity index (χ0n) is 10.8. The predicted molar refractivity (Wildman–Crippen MR) is 78.7 cm³/mol. The van der Waals surface area contributed by atoms with Crippen LogP contribution in [0.3, 0.4) is 0 Å². The van der Waals surface area contributed by atoms with E-state index in [1.54, 1.807) is 32.7 Å². The number of carbonyl (C=O) groups excluding carboxylic acids is 1. The fourth-order valence-corrected chi connectivity index (χ4v) is 1.22. The third-order valence-electron chi connectivity index (χ3n) is 2.04. The number of methoxy groups -OCH3 is 2. The first kappa shape index (κ1) is 20.2. The SMILES string of the molecule is COCCNCC(=O)Nc1cnccc1OC.Cl.Cl. The van der Waals surface area contributed by atoms with Gasteiger partial charge >= 0.3 is 0 Å². The van der Waals surface area contributed by atoms with Gasteiger partial charge in [0.05, 0.1) is 26.5 Å². The van der Waals surface area contributed by atoms with Crippen LogP contribution in [-0.4, -0.2) is 44.8 Å². The van der Waals surface area contributed by atoms with Crippen molar-refractivity contribution in [3.63, 3.8) is 0 Å². The highest BCUT2D eigenvalue weighted by Crippen LogP contribution is 2.21. The van der Waals surface area contributed by atoms with Crippen LogP contribution in [-0.2, 0) is 9.53 Å². The van der Waals surface area contributed by atoms with Gasteiger partial charge in [0, 0.05) is 25.9 Å². The van der Waals surface area contributed by atoms with E-state index in [-0.39, 0.29) is 37.3 Å². The fourth-order valence-electron chi connectivity index (χ4n) is 1.22. The van der Waals surface area contributed by atoms with Crippen molar-refractivity contribution in [2.45, 2.75) is 0 Å². The van der Waals surface area contributed by atoms with E-state index in [9.17, 15) is 4.79 Å². The van der Waals surface area contributed by atoms with Crippen molar-refractivity contribution in [1.82, 2.24) is 10.3 Å². The Bertz CT molecular complexity index is 367. The molecule has 0 aliphatic carbocycles. The maximum absolute atomic E-state index is 11.5. The van der Waals surface area contributed by atoms with Gasteiger partial charge in [-0.05, 0) is 0 Å². The number of hydrogen-bond donors (Lipinski definition) is 2. The molecule has 1 aromatic heterocycles. The molecule has 0 fully saturated rings. The normalized spacial score (nSPS) is 8.95. The lowest BCUT2D eigenvalue weighted by Gasteiger charge is -2.09. The van der Waals surface area contributed by atoms with Crippen molar-refractivity contribution in [3.05, 3.63) is 18.5 Å². The second-order valence-corrected chi connectivity index (χ2v) is 3.29. The zero-order chi connectivity index (χ0) is 12.5. The Kier molecular flexibility index (Phi) is 12.8. The summed E-state index contributed by atoms with van der Waals surface area (Å²) in [7, 11) is 3.16. The van der Waals surface area contributed by atoms with E-state index >= 15 is 0 Å². The third kappa shape index (κ3) is 7.84. The number of rotatable bonds is 7. The fraction of sp³-hybridized carbons (Fsp3) is 0.455. The molecule has 1 rings (SSSR count). The van der Waals surface area contributed by atoms with Gasteiger partial charge in [-0.2, -0.15) is 0 Å². The Hall–Kier alpha value is -1.08. The minimum absolute atomic E-state index is 0. The first-order valence-corrected chi connectivity index (χ1v) is 5.25. The molecule has 0 atom stereocenters. The topological polar surface area (TPSA) is 72.5 Å². The molecule has 0 saturated heterocycles. The summed E-state index contributed by atoms with van der Waals surface area (Å²) in [5.41, 5.74) is 0.563. The summed E-state index contributed by atoms with van der Waals surface area (Å²) in [5.74, 6) is 0.442. The molecule has 1 heterocycles. The summed E-state index contributed by atoms with van der Waals surface area (Å²) >= 11 is 0. The Morgan fingerprint density at radius 3 is 2.74 bits per heavy atom. The monoisotopic (exact) mass is 311 g/mol. The number of hydrogen-bond acceptors (Lipinski definition) is 5. The van der Waals surface area contributed by atoms with Crippen LogP contribution < -0.4 is 15.4 Å². The second-order valence-electron chi connectivity index (χ2n) is 3.29. The predicted octanol–water partition coefficient (Wildman–Crippen LogP) is 1.11. The molecule has 2 N–H and O–H groups in total. The van der Waals surface area contributed by atoms with Crippen LogP contribution in [0.2, 0.25) is 0 Å². The molecule has 0 bridgehead atoms. The van der Waals surface area contributed by atoms with Crippen molar-refractivity contribution < 1.29 is 14.3 Å². The largest absolute Gasteiger partial charge is 0.494 e. The summed E-state index contributed by atoms with van der Waals surface area (Å²) < 4.78 is 9.95. The lowest BCUT2D eigenvalue weighted by Crippen LogP contribution is -2.30. The van der Waals surface area contributed by atoms with Gasteiger partial charge in [0.15, 0.2) is 0 Å². The van der Waals surface area contributed by atoms with E-state index in [4.69, 9.17) is 9.47 Å². The first-order valence-electron chi connectivity index (χ1n) is 5.25. The molecule has 0 radical (unpaired) electrons. The molecule has 0 aromatic carbocycles. The minimum Gasteiger partial charge on any atom is -0.494 e. The highest BCUT2D eigenvalue weighted by molar-refractivity contribution is 5.93. The van der Waals surface area contributed by atoms with Gasteiger partial charge in [-0.15, -0.1) is 24.8 Å². The summed E-state index contributed by atoms with van der Waals surface area (Å²) in [6.45, 7) is 1.43. The van der Waals surface area contributed by atoms with Crippen molar-refractivity contribution >= 4 is 36.4 Å². The van der Waals surface area contributed by atoms with Gasteiger partial charge in [0.2, 0.25) is 5.91 Å². The van der Waals surface area contributed by atoms with E-state index in [1.165, 1.54) is 0 Å². The number of carbonyl (C=O) groups is 1. The summed E-state index contributed by atoms with van der Waals surface area (Å²) in [4.78, 5) is 15.5. The molecule has 1 amide bonds. The summed E-state index contributed by atoms with van der Waals surface area (Å²) in [6, 6.07) is 1.69. The third-order valence-corrected chi connectivity index (χ3v) is 2.04. The number of aromatic nitrogens is 1. The van der Waals surface area contributed by atoms with Crippen LogP contribution in [0.25, 0.3) is 0 Å². The van der Waals surface area contributed by atoms with Gasteiger partial charge in [-0.3, -0.25) is 9.78 Å². The van der Waals surface area contributed by atoms with Crippen LogP contribution in [0.1, 0.15) is 0 Å². The van der Waals surface area contributed by atoms with Crippen molar-refractivity contribution in [2.75, 3.05) is 39.2 Å². The van der Waals surface area contributed by atoms with E-state index < -0.39 is 0 Å². The van der Waals surface area contributed by atoms with E-state index in [2.05, 4.69) is 15.6 Å². The lowest BCUT2D eigenvalue weighted by atomic mass is 10.3. The first-order chi connectivity index (χ1) is 8.27. The highest BCUT2D eigenvalue weighted by atomic mass is 35.5. The maximum Gasteiger partial charge on any atom is 0.238 e.